The molecule has 0 unspecified atom stereocenters. The highest BCUT2D eigenvalue weighted by molar-refractivity contribution is 5.71. The standard InChI is InChI=1S/C34H48N2O7/c1-32(2,3)40-31(38)36-28-10-8-27(9-11-28)35-30(37)39-29-12-6-23(7-13-29)24-5-4-14-33(20-24)41-34(43-42-33)25-16-21-15-22(18-25)19-26(34)17-21/h6-7,12-13,21-22,24-28H,4-5,8-11,14-20H2,1-3H3,(H,35,37)(H,36,38)/t21?,22?,24-,25?,26?,27?,28?,33-,34?/m1/s1. The van der Waals surface area contributed by atoms with Crippen LogP contribution in [0.4, 0.5) is 9.59 Å². The van der Waals surface area contributed by atoms with Crippen LogP contribution in [-0.2, 0) is 19.2 Å². The number of alkyl carbamates (subject to hydrolysis) is 1. The first kappa shape index (κ1) is 29.4. The summed E-state index contributed by atoms with van der Waals surface area (Å²) in [4.78, 5) is 37.1. The van der Waals surface area contributed by atoms with Gasteiger partial charge in [-0.05, 0) is 127 Å². The third-order valence-corrected chi connectivity index (χ3v) is 10.9. The second kappa shape index (κ2) is 11.2. The Morgan fingerprint density at radius 2 is 1.42 bits per heavy atom. The molecule has 2 atom stereocenters. The van der Waals surface area contributed by atoms with Crippen LogP contribution in [0.3, 0.4) is 0 Å². The first-order valence-electron chi connectivity index (χ1n) is 16.7. The van der Waals surface area contributed by atoms with Gasteiger partial charge in [-0.1, -0.05) is 12.1 Å². The van der Waals surface area contributed by atoms with Gasteiger partial charge in [0.2, 0.25) is 11.6 Å². The summed E-state index contributed by atoms with van der Waals surface area (Å²) >= 11 is 0. The van der Waals surface area contributed by atoms with Crippen LogP contribution in [-0.4, -0.2) is 41.4 Å². The van der Waals surface area contributed by atoms with Crippen LogP contribution in [0.25, 0.3) is 0 Å². The summed E-state index contributed by atoms with van der Waals surface area (Å²) in [5.41, 5.74) is 0.690. The summed E-state index contributed by atoms with van der Waals surface area (Å²) in [5, 5.41) is 5.93. The highest BCUT2D eigenvalue weighted by Crippen LogP contribution is 2.64. The van der Waals surface area contributed by atoms with E-state index in [2.05, 4.69) is 22.8 Å². The van der Waals surface area contributed by atoms with Gasteiger partial charge in [0.1, 0.15) is 11.4 Å². The topological polar surface area (TPSA) is 104 Å². The minimum absolute atomic E-state index is 0.0216. The normalized spacial score (nSPS) is 40.0. The lowest BCUT2D eigenvalue weighted by molar-refractivity contribution is -0.390. The average Bonchev–Trinajstić information content (AvgIpc) is 3.31. The van der Waals surface area contributed by atoms with E-state index in [1.165, 1.54) is 37.7 Å². The van der Waals surface area contributed by atoms with E-state index in [1.807, 2.05) is 32.9 Å². The van der Waals surface area contributed by atoms with E-state index in [1.54, 1.807) is 0 Å². The molecular formula is C34H48N2O7. The first-order valence-corrected chi connectivity index (χ1v) is 16.7. The van der Waals surface area contributed by atoms with Crippen molar-refractivity contribution in [3.63, 3.8) is 0 Å². The maximum Gasteiger partial charge on any atom is 0.412 e. The highest BCUT2D eigenvalue weighted by Gasteiger charge is 2.67. The maximum atomic E-state index is 12.6. The molecule has 0 aromatic heterocycles. The molecule has 6 saturated carbocycles. The molecule has 2 N–H and O–H groups in total. The Morgan fingerprint density at radius 1 is 0.814 bits per heavy atom. The van der Waals surface area contributed by atoms with Gasteiger partial charge < -0.3 is 24.8 Å². The van der Waals surface area contributed by atoms with E-state index in [0.717, 1.165) is 63.2 Å². The molecular weight excluding hydrogens is 548 g/mol. The summed E-state index contributed by atoms with van der Waals surface area (Å²) in [7, 11) is 0. The molecule has 4 bridgehead atoms. The fraction of sp³-hybridized carbons (Fsp3) is 0.765. The van der Waals surface area contributed by atoms with E-state index >= 15 is 0 Å². The maximum absolute atomic E-state index is 12.6. The van der Waals surface area contributed by atoms with Crippen molar-refractivity contribution >= 4 is 12.2 Å². The number of ether oxygens (including phenoxy) is 3. The van der Waals surface area contributed by atoms with Crippen LogP contribution in [0.5, 0.6) is 5.75 Å². The molecule has 8 rings (SSSR count). The number of nitrogens with one attached hydrogen (secondary N) is 2. The lowest BCUT2D eigenvalue weighted by Crippen LogP contribution is -2.59. The van der Waals surface area contributed by atoms with E-state index < -0.39 is 29.4 Å². The Balaban J connectivity index is 0.888. The average molecular weight is 597 g/mol. The van der Waals surface area contributed by atoms with Gasteiger partial charge in [0, 0.05) is 36.8 Å². The van der Waals surface area contributed by atoms with Crippen molar-refractivity contribution in [1.82, 2.24) is 10.6 Å². The predicted octanol–water partition coefficient (Wildman–Crippen LogP) is 7.10. The predicted molar refractivity (Wildman–Crippen MR) is 158 cm³/mol. The molecule has 9 heteroatoms. The van der Waals surface area contributed by atoms with Crippen molar-refractivity contribution < 1.29 is 33.6 Å². The number of carbonyl (C=O) groups is 2. The van der Waals surface area contributed by atoms with Crippen LogP contribution in [0, 0.1) is 23.7 Å². The zero-order valence-corrected chi connectivity index (χ0v) is 25.9. The Hall–Kier alpha value is -2.36. The van der Waals surface area contributed by atoms with Crippen molar-refractivity contribution in [3.05, 3.63) is 29.8 Å². The molecule has 7 fully saturated rings. The van der Waals surface area contributed by atoms with Crippen molar-refractivity contribution in [3.8, 4) is 5.75 Å². The van der Waals surface area contributed by atoms with Crippen molar-refractivity contribution in [2.75, 3.05) is 0 Å². The lowest BCUT2D eigenvalue weighted by atomic mass is 9.53. The zero-order chi connectivity index (χ0) is 29.8. The van der Waals surface area contributed by atoms with Gasteiger partial charge in [-0.15, -0.1) is 0 Å². The van der Waals surface area contributed by atoms with Crippen LogP contribution >= 0.6 is 0 Å². The molecule has 0 radical (unpaired) electrons. The van der Waals surface area contributed by atoms with E-state index in [0.29, 0.717) is 23.5 Å². The van der Waals surface area contributed by atoms with E-state index in [-0.39, 0.29) is 12.1 Å². The van der Waals surface area contributed by atoms with Gasteiger partial charge in [-0.2, -0.15) is 9.78 Å². The first-order chi connectivity index (χ1) is 20.6. The SMILES string of the molecule is CC(C)(C)OC(=O)NC1CCC(NC(=O)Oc2ccc([C@@H]3CCC[C@]4(C3)OOC3(O4)C4CC5CC(C4)CC3C5)cc2)CC1. The van der Waals surface area contributed by atoms with Crippen molar-refractivity contribution in [2.45, 2.75) is 139 Å². The second-order valence-corrected chi connectivity index (χ2v) is 15.3. The smallest absolute Gasteiger partial charge is 0.412 e. The van der Waals surface area contributed by atoms with Crippen LogP contribution in [0.15, 0.2) is 24.3 Å². The summed E-state index contributed by atoms with van der Waals surface area (Å²) in [6.45, 7) is 5.55. The van der Waals surface area contributed by atoms with Gasteiger partial charge in [-0.3, -0.25) is 0 Å². The monoisotopic (exact) mass is 596 g/mol. The molecule has 236 valence electrons. The number of hydrogen-bond acceptors (Lipinski definition) is 7. The Bertz CT molecular complexity index is 1160. The minimum atomic E-state index is -0.658. The number of rotatable bonds is 4. The molecule has 1 aromatic carbocycles. The number of hydrogen-bond donors (Lipinski definition) is 2. The summed E-state index contributed by atoms with van der Waals surface area (Å²) < 4.78 is 17.9. The number of benzene rings is 1. The Labute approximate surface area is 255 Å². The van der Waals surface area contributed by atoms with Gasteiger partial charge >= 0.3 is 12.2 Å². The molecule has 2 amide bonds. The van der Waals surface area contributed by atoms with Crippen LogP contribution in [0.1, 0.15) is 116 Å². The molecule has 6 aliphatic carbocycles. The summed E-state index contributed by atoms with van der Waals surface area (Å²) in [5.74, 6) is 2.27. The Morgan fingerprint density at radius 3 is 2.02 bits per heavy atom. The van der Waals surface area contributed by atoms with Crippen molar-refractivity contribution in [2.24, 2.45) is 23.7 Å². The summed E-state index contributed by atoms with van der Waals surface area (Å²) in [6, 6.07) is 7.96. The van der Waals surface area contributed by atoms with E-state index in [4.69, 9.17) is 24.0 Å². The summed E-state index contributed by atoms with van der Waals surface area (Å²) in [6.07, 6.45) is 12.3. The fourth-order valence-electron chi connectivity index (χ4n) is 9.23. The van der Waals surface area contributed by atoms with Gasteiger partial charge in [0.05, 0.1) is 0 Å². The zero-order valence-electron chi connectivity index (χ0n) is 25.9. The molecule has 9 nitrogen and oxygen atoms in total. The molecule has 1 heterocycles. The molecule has 1 saturated heterocycles. The van der Waals surface area contributed by atoms with Gasteiger partial charge in [-0.25, -0.2) is 9.59 Å². The minimum Gasteiger partial charge on any atom is -0.444 e. The number of amides is 2. The Kier molecular flexibility index (Phi) is 7.66. The van der Waals surface area contributed by atoms with Crippen molar-refractivity contribution in [1.29, 1.82) is 0 Å². The van der Waals surface area contributed by atoms with Crippen LogP contribution in [0.2, 0.25) is 0 Å². The second-order valence-electron chi connectivity index (χ2n) is 15.3. The third kappa shape index (κ3) is 6.14. The fourth-order valence-corrected chi connectivity index (χ4v) is 9.23. The van der Waals surface area contributed by atoms with E-state index in [9.17, 15) is 9.59 Å². The largest absolute Gasteiger partial charge is 0.444 e. The third-order valence-electron chi connectivity index (χ3n) is 10.9. The molecule has 1 aromatic rings. The quantitative estimate of drug-likeness (QED) is 0.358. The molecule has 43 heavy (non-hydrogen) atoms. The number of carbonyl (C=O) groups excluding carboxylic acids is 2. The molecule has 7 aliphatic rings. The highest BCUT2D eigenvalue weighted by atomic mass is 17.3. The van der Waals surface area contributed by atoms with Gasteiger partial charge in [0.25, 0.3) is 0 Å². The lowest BCUT2D eigenvalue weighted by Gasteiger charge is -2.57. The van der Waals surface area contributed by atoms with Crippen LogP contribution < -0.4 is 15.4 Å². The molecule has 2 spiro atoms. The molecule has 1 aliphatic heterocycles. The van der Waals surface area contributed by atoms with Gasteiger partial charge in [0.15, 0.2) is 0 Å².